The number of rotatable bonds is 5. The number of benzene rings is 1. The predicted molar refractivity (Wildman–Crippen MR) is 127 cm³/mol. The molecule has 1 aromatic rings. The van der Waals surface area contributed by atoms with Crippen molar-refractivity contribution >= 4 is 28.8 Å². The second-order valence-electron chi connectivity index (χ2n) is 8.36. The third-order valence-electron chi connectivity index (χ3n) is 5.94. The van der Waals surface area contributed by atoms with E-state index in [4.69, 9.17) is 14.2 Å². The summed E-state index contributed by atoms with van der Waals surface area (Å²) in [4.78, 5) is 34.6. The van der Waals surface area contributed by atoms with Crippen LogP contribution in [0, 0.1) is 0 Å². The minimum Gasteiger partial charge on any atom is -0.496 e. The van der Waals surface area contributed by atoms with Crippen molar-refractivity contribution in [1.29, 1.82) is 0 Å². The maximum Gasteiger partial charge on any atom is 0.338 e. The first kappa shape index (κ1) is 23.4. The topological polar surface area (TPSA) is 80.7 Å². The van der Waals surface area contributed by atoms with E-state index in [0.29, 0.717) is 30.1 Å². The molecule has 1 aromatic carbocycles. The lowest BCUT2D eigenvalue weighted by atomic mass is 9.93. The zero-order chi connectivity index (χ0) is 23.7. The molecule has 0 saturated carbocycles. The number of para-hydroxylation sites is 1. The molecule has 3 unspecified atom stereocenters. The van der Waals surface area contributed by atoms with Crippen LogP contribution in [0.1, 0.15) is 38.8 Å². The Morgan fingerprint density at radius 3 is 2.55 bits per heavy atom. The number of fused-ring (bicyclic) bond motifs is 1. The summed E-state index contributed by atoms with van der Waals surface area (Å²) in [7, 11) is 2.96. The van der Waals surface area contributed by atoms with E-state index in [9.17, 15) is 9.59 Å². The standard InChI is InChI=1S/C24H29N3O5S/c1-14-11-26(12-15(2)32-14)20(28)10-17-13-33-24-25-16(3)21(23(29)31-5)22(27(17)24)18-8-6-7-9-19(18)30-4/h6-9,13-15,22H,10-12H2,1-5H3. The number of allylic oxidation sites excluding steroid dienone is 1. The summed E-state index contributed by atoms with van der Waals surface area (Å²) >= 11 is 1.45. The SMILES string of the molecule is COC(=O)C1=C(C)N=C2SC=C(CC(=O)N3CC(C)OC(C)C3)N2C1c1ccccc1OC. The third kappa shape index (κ3) is 4.52. The van der Waals surface area contributed by atoms with Crippen LogP contribution in [0.2, 0.25) is 0 Å². The number of carbonyl (C=O) groups excluding carboxylic acids is 2. The van der Waals surface area contributed by atoms with Gasteiger partial charge in [-0.25, -0.2) is 9.79 Å². The van der Waals surface area contributed by atoms with E-state index in [2.05, 4.69) is 4.99 Å². The Balaban J connectivity index is 1.70. The fourth-order valence-corrected chi connectivity index (χ4v) is 5.54. The first-order valence-electron chi connectivity index (χ1n) is 10.9. The summed E-state index contributed by atoms with van der Waals surface area (Å²) in [5.41, 5.74) is 2.62. The molecular weight excluding hydrogens is 442 g/mol. The zero-order valence-corrected chi connectivity index (χ0v) is 20.3. The lowest BCUT2D eigenvalue weighted by Crippen LogP contribution is -2.48. The molecule has 3 aliphatic heterocycles. The van der Waals surface area contributed by atoms with Crippen molar-refractivity contribution in [3.05, 3.63) is 52.2 Å². The number of nitrogens with zero attached hydrogens (tertiary/aromatic N) is 3. The number of amidine groups is 1. The maximum absolute atomic E-state index is 13.2. The first-order chi connectivity index (χ1) is 15.8. The van der Waals surface area contributed by atoms with Crippen molar-refractivity contribution in [2.75, 3.05) is 27.3 Å². The predicted octanol–water partition coefficient (Wildman–Crippen LogP) is 3.47. The number of hydrogen-bond acceptors (Lipinski definition) is 8. The van der Waals surface area contributed by atoms with Crippen LogP contribution in [0.3, 0.4) is 0 Å². The van der Waals surface area contributed by atoms with Gasteiger partial charge in [0.15, 0.2) is 5.17 Å². The molecule has 3 heterocycles. The number of carbonyl (C=O) groups is 2. The average Bonchev–Trinajstić information content (AvgIpc) is 3.18. The monoisotopic (exact) mass is 471 g/mol. The molecule has 9 heteroatoms. The number of methoxy groups -OCH3 is 2. The largest absolute Gasteiger partial charge is 0.496 e. The van der Waals surface area contributed by atoms with E-state index in [1.807, 2.05) is 53.3 Å². The molecule has 0 radical (unpaired) electrons. The van der Waals surface area contributed by atoms with E-state index in [1.165, 1.54) is 18.9 Å². The maximum atomic E-state index is 13.2. The van der Waals surface area contributed by atoms with Crippen LogP contribution in [0.4, 0.5) is 0 Å². The molecule has 1 fully saturated rings. The Morgan fingerprint density at radius 2 is 1.88 bits per heavy atom. The summed E-state index contributed by atoms with van der Waals surface area (Å²) in [6.07, 6.45) is 0.189. The Kier molecular flexibility index (Phi) is 6.81. The number of aliphatic imine (C=N–C) groups is 1. The molecule has 1 saturated heterocycles. The fourth-order valence-electron chi connectivity index (χ4n) is 4.58. The summed E-state index contributed by atoms with van der Waals surface area (Å²) in [5, 5.41) is 2.67. The highest BCUT2D eigenvalue weighted by molar-refractivity contribution is 8.16. The quantitative estimate of drug-likeness (QED) is 0.609. The lowest BCUT2D eigenvalue weighted by Gasteiger charge is -2.38. The van der Waals surface area contributed by atoms with Crippen molar-refractivity contribution in [3.63, 3.8) is 0 Å². The van der Waals surface area contributed by atoms with Gasteiger partial charge >= 0.3 is 5.97 Å². The van der Waals surface area contributed by atoms with E-state index in [1.54, 1.807) is 14.0 Å². The molecule has 4 rings (SSSR count). The van der Waals surface area contributed by atoms with Gasteiger partial charge in [-0.3, -0.25) is 4.79 Å². The second kappa shape index (κ2) is 9.61. The van der Waals surface area contributed by atoms with Gasteiger partial charge in [-0.05, 0) is 32.2 Å². The molecule has 3 atom stereocenters. The van der Waals surface area contributed by atoms with Crippen molar-refractivity contribution in [2.45, 2.75) is 45.4 Å². The van der Waals surface area contributed by atoms with Gasteiger partial charge in [0.05, 0.1) is 50.2 Å². The molecule has 0 spiro atoms. The van der Waals surface area contributed by atoms with Crippen LogP contribution >= 0.6 is 11.8 Å². The fraction of sp³-hybridized carbons (Fsp3) is 0.458. The highest BCUT2D eigenvalue weighted by Gasteiger charge is 2.42. The van der Waals surface area contributed by atoms with Crippen molar-refractivity contribution in [3.8, 4) is 5.75 Å². The molecular formula is C24H29N3O5S. The minimum absolute atomic E-state index is 0.00502. The molecule has 1 amide bonds. The first-order valence-corrected chi connectivity index (χ1v) is 11.8. The Hall–Kier alpha value is -2.78. The van der Waals surface area contributed by atoms with Crippen LogP contribution < -0.4 is 4.74 Å². The van der Waals surface area contributed by atoms with Gasteiger partial charge in [-0.15, -0.1) is 0 Å². The minimum atomic E-state index is -0.516. The Morgan fingerprint density at radius 1 is 1.18 bits per heavy atom. The number of hydrogen-bond donors (Lipinski definition) is 0. The molecule has 0 bridgehead atoms. The Labute approximate surface area is 198 Å². The highest BCUT2D eigenvalue weighted by atomic mass is 32.2. The number of esters is 1. The summed E-state index contributed by atoms with van der Waals surface area (Å²) in [5.74, 6) is 0.218. The van der Waals surface area contributed by atoms with E-state index in [0.717, 1.165) is 16.4 Å². The van der Waals surface area contributed by atoms with Crippen LogP contribution in [0.15, 0.2) is 51.6 Å². The van der Waals surface area contributed by atoms with Gasteiger partial charge in [0.1, 0.15) is 5.75 Å². The molecule has 0 aliphatic carbocycles. The molecule has 176 valence electrons. The van der Waals surface area contributed by atoms with Gasteiger partial charge in [0.25, 0.3) is 0 Å². The third-order valence-corrected chi connectivity index (χ3v) is 6.83. The molecule has 3 aliphatic rings. The van der Waals surface area contributed by atoms with E-state index in [-0.39, 0.29) is 24.5 Å². The van der Waals surface area contributed by atoms with Gasteiger partial charge in [-0.1, -0.05) is 30.0 Å². The number of thioether (sulfide) groups is 1. The van der Waals surface area contributed by atoms with Crippen LogP contribution in [-0.2, 0) is 19.1 Å². The zero-order valence-electron chi connectivity index (χ0n) is 19.5. The second-order valence-corrected chi connectivity index (χ2v) is 9.20. The van der Waals surface area contributed by atoms with Crippen molar-refractivity contribution in [2.24, 2.45) is 4.99 Å². The van der Waals surface area contributed by atoms with E-state index >= 15 is 0 Å². The summed E-state index contributed by atoms with van der Waals surface area (Å²) in [6.45, 7) is 6.88. The lowest BCUT2D eigenvalue weighted by molar-refractivity contribution is -0.142. The van der Waals surface area contributed by atoms with Crippen LogP contribution in [-0.4, -0.2) is 66.4 Å². The highest BCUT2D eigenvalue weighted by Crippen LogP contribution is 2.47. The number of ether oxygens (including phenoxy) is 3. The van der Waals surface area contributed by atoms with Gasteiger partial charge in [0.2, 0.25) is 5.91 Å². The number of amides is 1. The Bertz CT molecular complexity index is 1040. The molecule has 0 aromatic heterocycles. The van der Waals surface area contributed by atoms with E-state index < -0.39 is 12.0 Å². The molecule has 0 N–H and O–H groups in total. The molecule has 8 nitrogen and oxygen atoms in total. The normalized spacial score (nSPS) is 24.8. The van der Waals surface area contributed by atoms with Crippen LogP contribution in [0.25, 0.3) is 0 Å². The van der Waals surface area contributed by atoms with Gasteiger partial charge < -0.3 is 24.0 Å². The smallest absolute Gasteiger partial charge is 0.338 e. The summed E-state index contributed by atoms with van der Waals surface area (Å²) in [6, 6.07) is 7.06. The van der Waals surface area contributed by atoms with Crippen molar-refractivity contribution < 1.29 is 23.8 Å². The summed E-state index contributed by atoms with van der Waals surface area (Å²) < 4.78 is 16.5. The average molecular weight is 472 g/mol. The van der Waals surface area contributed by atoms with Crippen LogP contribution in [0.5, 0.6) is 5.75 Å². The van der Waals surface area contributed by atoms with Gasteiger partial charge in [0, 0.05) is 24.4 Å². The number of morpholine rings is 1. The molecule has 33 heavy (non-hydrogen) atoms. The van der Waals surface area contributed by atoms with Crippen molar-refractivity contribution in [1.82, 2.24) is 9.80 Å². The van der Waals surface area contributed by atoms with Gasteiger partial charge in [-0.2, -0.15) is 0 Å².